The molecule has 1 aromatic rings. The lowest BCUT2D eigenvalue weighted by Crippen LogP contribution is -2.06. The molecule has 0 bridgehead atoms. The average Bonchev–Trinajstić information content (AvgIpc) is 2.55. The van der Waals surface area contributed by atoms with E-state index in [1.165, 1.54) is 16.7 Å². The van der Waals surface area contributed by atoms with Crippen LogP contribution in [-0.2, 0) is 4.74 Å². The first kappa shape index (κ1) is 21.0. The van der Waals surface area contributed by atoms with Crippen molar-refractivity contribution in [2.45, 2.75) is 60.3 Å². The highest BCUT2D eigenvalue weighted by atomic mass is 16.5. The molecule has 136 valence electrons. The molecule has 0 atom stereocenters. The molecule has 0 amide bonds. The van der Waals surface area contributed by atoms with Gasteiger partial charge in [0.05, 0.1) is 12.2 Å². The van der Waals surface area contributed by atoms with Gasteiger partial charge in [-0.1, -0.05) is 53.1 Å². The molecule has 0 spiro atoms. The summed E-state index contributed by atoms with van der Waals surface area (Å²) in [6, 6.07) is 7.62. The van der Waals surface area contributed by atoms with E-state index in [1.54, 1.807) is 0 Å². The van der Waals surface area contributed by atoms with Crippen LogP contribution < -0.4 is 0 Å². The highest BCUT2D eigenvalue weighted by Gasteiger charge is 2.10. The first-order valence-electron chi connectivity index (χ1n) is 9.16. The Morgan fingerprint density at radius 3 is 2.28 bits per heavy atom. The predicted octanol–water partition coefficient (Wildman–Crippen LogP) is 6.74. The van der Waals surface area contributed by atoms with E-state index in [2.05, 4.69) is 45.9 Å². The zero-order valence-electron chi connectivity index (χ0n) is 16.4. The maximum Gasteiger partial charge on any atom is 0.338 e. The maximum atomic E-state index is 12.0. The Bertz CT molecular complexity index is 644. The summed E-state index contributed by atoms with van der Waals surface area (Å²) in [4.78, 5) is 12.0. The van der Waals surface area contributed by atoms with Crippen LogP contribution in [0.15, 0.2) is 53.1 Å². The fourth-order valence-electron chi connectivity index (χ4n) is 2.59. The summed E-state index contributed by atoms with van der Waals surface area (Å²) in [6.07, 6.45) is 11.0. The predicted molar refractivity (Wildman–Crippen MR) is 108 cm³/mol. The molecule has 0 aliphatic carbocycles. The highest BCUT2D eigenvalue weighted by molar-refractivity contribution is 5.93. The fraction of sp³-hybridized carbons (Fsp3) is 0.435. The number of ether oxygens (including phenoxy) is 1. The lowest BCUT2D eigenvalue weighted by Gasteiger charge is -2.07. The highest BCUT2D eigenvalue weighted by Crippen LogP contribution is 2.18. The maximum absolute atomic E-state index is 12.0. The Morgan fingerprint density at radius 1 is 0.960 bits per heavy atom. The van der Waals surface area contributed by atoms with Gasteiger partial charge in [-0.05, 0) is 71.9 Å². The zero-order chi connectivity index (χ0) is 18.7. The Labute approximate surface area is 153 Å². The van der Waals surface area contributed by atoms with E-state index in [4.69, 9.17) is 4.74 Å². The van der Waals surface area contributed by atoms with Crippen LogP contribution in [0.4, 0.5) is 0 Å². The van der Waals surface area contributed by atoms with E-state index in [9.17, 15) is 4.79 Å². The molecule has 2 heteroatoms. The van der Waals surface area contributed by atoms with E-state index in [0.29, 0.717) is 12.2 Å². The molecule has 0 saturated carbocycles. The third kappa shape index (κ3) is 8.53. The minimum atomic E-state index is -0.253. The summed E-state index contributed by atoms with van der Waals surface area (Å²) >= 11 is 0. The Kier molecular flexibility index (Phi) is 9.61. The van der Waals surface area contributed by atoms with Gasteiger partial charge in [-0.25, -0.2) is 4.79 Å². The number of allylic oxidation sites excluding steroid dienone is 5. The van der Waals surface area contributed by atoms with Crippen LogP contribution in [-0.4, -0.2) is 12.6 Å². The quantitative estimate of drug-likeness (QED) is 0.367. The molecular weight excluding hydrogens is 308 g/mol. The van der Waals surface area contributed by atoms with E-state index < -0.39 is 0 Å². The minimum Gasteiger partial charge on any atom is -0.462 e. The van der Waals surface area contributed by atoms with Crippen molar-refractivity contribution in [1.82, 2.24) is 0 Å². The zero-order valence-corrected chi connectivity index (χ0v) is 16.4. The van der Waals surface area contributed by atoms with Crippen LogP contribution in [0.2, 0.25) is 0 Å². The summed E-state index contributed by atoms with van der Waals surface area (Å²) in [5, 5.41) is 0. The minimum absolute atomic E-state index is 0.253. The number of esters is 1. The largest absolute Gasteiger partial charge is 0.462 e. The van der Waals surface area contributed by atoms with Crippen molar-refractivity contribution in [2.24, 2.45) is 0 Å². The molecule has 0 fully saturated rings. The summed E-state index contributed by atoms with van der Waals surface area (Å²) in [5.41, 5.74) is 5.66. The summed E-state index contributed by atoms with van der Waals surface area (Å²) < 4.78 is 5.13. The summed E-state index contributed by atoms with van der Waals surface area (Å²) in [5.74, 6) is -0.253. The van der Waals surface area contributed by atoms with Gasteiger partial charge in [0.15, 0.2) is 0 Å². The standard InChI is InChI=1S/C23H32O2/c1-6-25-23(24)22-16-8-7-15-21(22)17-20(5)14-10-13-19(4)12-9-11-18(2)3/h7-8,11,13,15-17H,6,9-10,12,14H2,1-5H3/b19-13+,20-17+. The van der Waals surface area contributed by atoms with Gasteiger partial charge >= 0.3 is 5.97 Å². The first-order chi connectivity index (χ1) is 11.9. The smallest absolute Gasteiger partial charge is 0.338 e. The summed E-state index contributed by atoms with van der Waals surface area (Å²) in [7, 11) is 0. The van der Waals surface area contributed by atoms with Gasteiger partial charge in [0, 0.05) is 0 Å². The van der Waals surface area contributed by atoms with E-state index >= 15 is 0 Å². The summed E-state index contributed by atoms with van der Waals surface area (Å²) in [6.45, 7) is 10.8. The van der Waals surface area contributed by atoms with E-state index in [-0.39, 0.29) is 5.97 Å². The van der Waals surface area contributed by atoms with Crippen LogP contribution in [0.5, 0.6) is 0 Å². The molecule has 1 aromatic carbocycles. The molecule has 0 aliphatic heterocycles. The van der Waals surface area contributed by atoms with Crippen LogP contribution in [0.1, 0.15) is 76.2 Å². The van der Waals surface area contributed by atoms with Crippen LogP contribution in [0.25, 0.3) is 6.08 Å². The lowest BCUT2D eigenvalue weighted by molar-refractivity contribution is 0.0526. The van der Waals surface area contributed by atoms with Gasteiger partial charge in [0.2, 0.25) is 0 Å². The number of hydrogen-bond acceptors (Lipinski definition) is 2. The normalized spacial score (nSPS) is 12.0. The lowest BCUT2D eigenvalue weighted by atomic mass is 10.0. The van der Waals surface area contributed by atoms with Gasteiger partial charge in [-0.15, -0.1) is 0 Å². The van der Waals surface area contributed by atoms with E-state index in [0.717, 1.165) is 31.2 Å². The number of rotatable bonds is 9. The second-order valence-corrected chi connectivity index (χ2v) is 6.71. The second kappa shape index (κ2) is 11.5. The molecule has 0 N–H and O–H groups in total. The fourth-order valence-corrected chi connectivity index (χ4v) is 2.59. The molecule has 0 aromatic heterocycles. The molecule has 0 saturated heterocycles. The third-order valence-electron chi connectivity index (χ3n) is 3.98. The van der Waals surface area contributed by atoms with Crippen molar-refractivity contribution in [3.8, 4) is 0 Å². The molecular formula is C23H32O2. The average molecular weight is 341 g/mol. The van der Waals surface area contributed by atoms with Crippen molar-refractivity contribution >= 4 is 12.0 Å². The Balaban J connectivity index is 2.64. The van der Waals surface area contributed by atoms with Crippen molar-refractivity contribution in [3.63, 3.8) is 0 Å². The van der Waals surface area contributed by atoms with Crippen LogP contribution in [0.3, 0.4) is 0 Å². The van der Waals surface area contributed by atoms with Gasteiger partial charge in [-0.3, -0.25) is 0 Å². The first-order valence-corrected chi connectivity index (χ1v) is 9.16. The van der Waals surface area contributed by atoms with Crippen molar-refractivity contribution in [1.29, 1.82) is 0 Å². The second-order valence-electron chi connectivity index (χ2n) is 6.71. The van der Waals surface area contributed by atoms with Crippen molar-refractivity contribution in [3.05, 3.63) is 64.3 Å². The topological polar surface area (TPSA) is 26.3 Å². The van der Waals surface area contributed by atoms with Crippen LogP contribution >= 0.6 is 0 Å². The van der Waals surface area contributed by atoms with Crippen LogP contribution in [0, 0.1) is 0 Å². The molecule has 0 heterocycles. The number of carbonyl (C=O) groups excluding carboxylic acids is 1. The monoisotopic (exact) mass is 340 g/mol. The molecule has 0 unspecified atom stereocenters. The third-order valence-corrected chi connectivity index (χ3v) is 3.98. The Morgan fingerprint density at radius 2 is 1.60 bits per heavy atom. The van der Waals surface area contributed by atoms with Gasteiger partial charge in [-0.2, -0.15) is 0 Å². The van der Waals surface area contributed by atoms with Crippen molar-refractivity contribution in [2.75, 3.05) is 6.61 Å². The molecule has 1 rings (SSSR count). The molecule has 0 aliphatic rings. The number of benzene rings is 1. The van der Waals surface area contributed by atoms with Gasteiger partial charge < -0.3 is 4.74 Å². The van der Waals surface area contributed by atoms with Crippen molar-refractivity contribution < 1.29 is 9.53 Å². The Hall–Kier alpha value is -2.09. The molecule has 0 radical (unpaired) electrons. The SMILES string of the molecule is CCOC(=O)c1ccccc1/C=C(\C)CC/C=C(\C)CCC=C(C)C. The number of hydrogen-bond donors (Lipinski definition) is 0. The number of carbonyl (C=O) groups is 1. The molecule has 25 heavy (non-hydrogen) atoms. The van der Waals surface area contributed by atoms with E-state index in [1.807, 2.05) is 31.2 Å². The molecule has 2 nitrogen and oxygen atoms in total. The van der Waals surface area contributed by atoms with Gasteiger partial charge in [0.1, 0.15) is 0 Å². The van der Waals surface area contributed by atoms with Gasteiger partial charge in [0.25, 0.3) is 0 Å².